The molecule has 0 saturated carbocycles. The highest BCUT2D eigenvalue weighted by Gasteiger charge is 2.26. The second-order valence-corrected chi connectivity index (χ2v) is 7.71. The van der Waals surface area contributed by atoms with E-state index in [1.165, 1.54) is 17.5 Å². The van der Waals surface area contributed by atoms with Gasteiger partial charge in [0.2, 0.25) is 0 Å². The smallest absolute Gasteiger partial charge is 0.254 e. The second kappa shape index (κ2) is 7.15. The molecule has 1 amide bonds. The zero-order valence-electron chi connectivity index (χ0n) is 16.3. The number of carbonyl (C=O) groups is 1. The molecule has 0 aliphatic carbocycles. The van der Waals surface area contributed by atoms with E-state index in [0.29, 0.717) is 6.04 Å². The lowest BCUT2D eigenvalue weighted by atomic mass is 9.98. The van der Waals surface area contributed by atoms with E-state index in [4.69, 9.17) is 4.98 Å². The molecule has 0 N–H and O–H groups in total. The summed E-state index contributed by atoms with van der Waals surface area (Å²) in [5.74, 6) is 0.130. The maximum absolute atomic E-state index is 13.4. The van der Waals surface area contributed by atoms with Crippen LogP contribution < -0.4 is 0 Å². The van der Waals surface area contributed by atoms with Gasteiger partial charge in [-0.1, -0.05) is 30.3 Å². The van der Waals surface area contributed by atoms with Crippen molar-refractivity contribution in [1.29, 1.82) is 0 Å². The van der Waals surface area contributed by atoms with Crippen molar-refractivity contribution in [3.63, 3.8) is 0 Å². The fourth-order valence-corrected chi connectivity index (χ4v) is 3.96. The summed E-state index contributed by atoms with van der Waals surface area (Å²) in [6.07, 6.45) is 3.37. The molecule has 3 heteroatoms. The number of piperidine rings is 1. The number of rotatable bonds is 2. The Morgan fingerprint density at radius 2 is 1.85 bits per heavy atom. The second-order valence-electron chi connectivity index (χ2n) is 7.71. The van der Waals surface area contributed by atoms with Crippen molar-refractivity contribution in [2.45, 2.75) is 46.1 Å². The first-order chi connectivity index (χ1) is 13.0. The number of aryl methyl sites for hydroxylation is 2. The van der Waals surface area contributed by atoms with Gasteiger partial charge in [0.15, 0.2) is 0 Å². The van der Waals surface area contributed by atoms with Crippen molar-refractivity contribution >= 4 is 16.8 Å². The van der Waals surface area contributed by atoms with Crippen LogP contribution in [0.1, 0.15) is 47.7 Å². The van der Waals surface area contributed by atoms with Crippen LogP contribution in [0, 0.1) is 13.8 Å². The minimum atomic E-state index is 0.130. The number of para-hydroxylation sites is 1. The van der Waals surface area contributed by atoms with Crippen molar-refractivity contribution in [3.8, 4) is 11.3 Å². The number of aromatic nitrogens is 1. The van der Waals surface area contributed by atoms with Crippen molar-refractivity contribution in [3.05, 3.63) is 65.2 Å². The van der Waals surface area contributed by atoms with Crippen LogP contribution in [-0.2, 0) is 0 Å². The highest BCUT2D eigenvalue weighted by molar-refractivity contribution is 6.07. The minimum Gasteiger partial charge on any atom is -0.336 e. The summed E-state index contributed by atoms with van der Waals surface area (Å²) in [5, 5.41) is 0.938. The van der Waals surface area contributed by atoms with Gasteiger partial charge in [0.1, 0.15) is 0 Å². The highest BCUT2D eigenvalue weighted by Crippen LogP contribution is 2.28. The van der Waals surface area contributed by atoms with Gasteiger partial charge in [-0.05, 0) is 69.4 Å². The number of nitrogens with zero attached hydrogens (tertiary/aromatic N) is 2. The molecule has 0 bridgehead atoms. The summed E-state index contributed by atoms with van der Waals surface area (Å²) in [7, 11) is 0. The largest absolute Gasteiger partial charge is 0.336 e. The molecule has 3 nitrogen and oxygen atoms in total. The van der Waals surface area contributed by atoms with E-state index in [1.54, 1.807) is 0 Å². The first-order valence-electron chi connectivity index (χ1n) is 9.83. The van der Waals surface area contributed by atoms with E-state index in [9.17, 15) is 4.79 Å². The molecule has 0 unspecified atom stereocenters. The topological polar surface area (TPSA) is 33.2 Å². The Balaban J connectivity index is 1.86. The highest BCUT2D eigenvalue weighted by atomic mass is 16.2. The Morgan fingerprint density at radius 1 is 1.04 bits per heavy atom. The summed E-state index contributed by atoms with van der Waals surface area (Å²) in [6, 6.07) is 16.6. The zero-order chi connectivity index (χ0) is 19.0. The maximum atomic E-state index is 13.4. The molecule has 1 aromatic heterocycles. The average Bonchev–Trinajstić information content (AvgIpc) is 2.69. The fourth-order valence-electron chi connectivity index (χ4n) is 3.96. The van der Waals surface area contributed by atoms with Gasteiger partial charge in [0, 0.05) is 23.5 Å². The summed E-state index contributed by atoms with van der Waals surface area (Å²) in [6.45, 7) is 7.22. The Bertz CT molecular complexity index is 1010. The molecule has 2 aromatic carbocycles. The summed E-state index contributed by atoms with van der Waals surface area (Å²) in [4.78, 5) is 20.3. The third-order valence-corrected chi connectivity index (χ3v) is 5.81. The molecule has 27 heavy (non-hydrogen) atoms. The van der Waals surface area contributed by atoms with Crippen LogP contribution in [0.3, 0.4) is 0 Å². The van der Waals surface area contributed by atoms with Gasteiger partial charge < -0.3 is 4.90 Å². The molecule has 1 aliphatic heterocycles. The minimum absolute atomic E-state index is 0.130. The normalized spacial score (nSPS) is 17.3. The van der Waals surface area contributed by atoms with Gasteiger partial charge in [-0.2, -0.15) is 0 Å². The monoisotopic (exact) mass is 358 g/mol. The third-order valence-electron chi connectivity index (χ3n) is 5.81. The molecular formula is C24H26N2O. The van der Waals surface area contributed by atoms with Crippen molar-refractivity contribution in [1.82, 2.24) is 9.88 Å². The quantitative estimate of drug-likeness (QED) is 0.603. The Hall–Kier alpha value is -2.68. The van der Waals surface area contributed by atoms with E-state index in [2.05, 4.69) is 39.0 Å². The summed E-state index contributed by atoms with van der Waals surface area (Å²) >= 11 is 0. The lowest BCUT2D eigenvalue weighted by Crippen LogP contribution is -2.42. The molecule has 1 aliphatic rings. The number of pyridine rings is 1. The molecular weight excluding hydrogens is 332 g/mol. The molecule has 138 valence electrons. The fraction of sp³-hybridized carbons (Fsp3) is 0.333. The molecule has 3 aromatic rings. The third kappa shape index (κ3) is 3.34. The van der Waals surface area contributed by atoms with Crippen LogP contribution in [0.5, 0.6) is 0 Å². The Kier molecular flexibility index (Phi) is 4.69. The van der Waals surface area contributed by atoms with Crippen LogP contribution in [0.15, 0.2) is 48.5 Å². The number of likely N-dealkylation sites (tertiary alicyclic amines) is 1. The Morgan fingerprint density at radius 3 is 2.63 bits per heavy atom. The molecule has 1 atom stereocenters. The van der Waals surface area contributed by atoms with E-state index < -0.39 is 0 Å². The van der Waals surface area contributed by atoms with E-state index in [1.807, 2.05) is 35.2 Å². The van der Waals surface area contributed by atoms with E-state index in [-0.39, 0.29) is 5.91 Å². The van der Waals surface area contributed by atoms with Gasteiger partial charge in [-0.25, -0.2) is 4.98 Å². The van der Waals surface area contributed by atoms with E-state index >= 15 is 0 Å². The number of benzene rings is 2. The van der Waals surface area contributed by atoms with Crippen molar-refractivity contribution in [2.75, 3.05) is 6.54 Å². The van der Waals surface area contributed by atoms with Gasteiger partial charge in [-0.15, -0.1) is 0 Å². The lowest BCUT2D eigenvalue weighted by Gasteiger charge is -2.33. The predicted molar refractivity (Wildman–Crippen MR) is 111 cm³/mol. The number of hydrogen-bond donors (Lipinski definition) is 0. The average molecular weight is 358 g/mol. The van der Waals surface area contributed by atoms with Gasteiger partial charge in [-0.3, -0.25) is 4.79 Å². The molecule has 0 radical (unpaired) electrons. The Labute approximate surface area is 161 Å². The number of carbonyl (C=O) groups excluding carboxylic acids is 1. The first kappa shape index (κ1) is 17.7. The van der Waals surface area contributed by atoms with Crippen LogP contribution in [0.2, 0.25) is 0 Å². The maximum Gasteiger partial charge on any atom is 0.254 e. The van der Waals surface area contributed by atoms with Crippen molar-refractivity contribution in [2.24, 2.45) is 0 Å². The SMILES string of the molecule is Cc1ccc(-c2cc(C(=O)N3CCCC[C@@H]3C)c3ccccc3n2)cc1C. The number of fused-ring (bicyclic) bond motifs is 1. The number of hydrogen-bond acceptors (Lipinski definition) is 2. The molecule has 0 spiro atoms. The van der Waals surface area contributed by atoms with Crippen LogP contribution in [0.25, 0.3) is 22.2 Å². The van der Waals surface area contributed by atoms with Gasteiger partial charge >= 0.3 is 0 Å². The van der Waals surface area contributed by atoms with Crippen LogP contribution in [0.4, 0.5) is 0 Å². The molecule has 1 saturated heterocycles. The van der Waals surface area contributed by atoms with Crippen LogP contribution >= 0.6 is 0 Å². The zero-order valence-corrected chi connectivity index (χ0v) is 16.3. The van der Waals surface area contributed by atoms with Crippen molar-refractivity contribution < 1.29 is 4.79 Å². The van der Waals surface area contributed by atoms with Gasteiger partial charge in [0.25, 0.3) is 5.91 Å². The summed E-state index contributed by atoms with van der Waals surface area (Å²) in [5.41, 5.74) is 6.07. The standard InChI is InChI=1S/C24H26N2O/c1-16-11-12-19(14-17(16)2)23-15-21(20-9-4-5-10-22(20)25-23)24(27)26-13-7-6-8-18(26)3/h4-5,9-12,14-15,18H,6-8,13H2,1-3H3/t18-/m0/s1. The molecule has 4 rings (SSSR count). The first-order valence-corrected chi connectivity index (χ1v) is 9.83. The molecule has 1 fully saturated rings. The molecule has 2 heterocycles. The van der Waals surface area contributed by atoms with Crippen LogP contribution in [-0.4, -0.2) is 28.4 Å². The summed E-state index contributed by atoms with van der Waals surface area (Å²) < 4.78 is 0. The van der Waals surface area contributed by atoms with E-state index in [0.717, 1.165) is 47.1 Å². The lowest BCUT2D eigenvalue weighted by molar-refractivity contribution is 0.0637. The number of amides is 1. The van der Waals surface area contributed by atoms with Gasteiger partial charge in [0.05, 0.1) is 16.8 Å². The predicted octanol–water partition coefficient (Wildman–Crippen LogP) is 5.53.